The van der Waals surface area contributed by atoms with Gasteiger partial charge in [0.25, 0.3) is 0 Å². The predicted molar refractivity (Wildman–Crippen MR) is 46.4 cm³/mol. The van der Waals surface area contributed by atoms with Crippen LogP contribution in [0.25, 0.3) is 0 Å². The van der Waals surface area contributed by atoms with Crippen molar-refractivity contribution in [3.05, 3.63) is 11.8 Å². The molecule has 3 nitrogen and oxygen atoms in total. The summed E-state index contributed by atoms with van der Waals surface area (Å²) in [5, 5.41) is 0. The van der Waals surface area contributed by atoms with Crippen LogP contribution in [0, 0.1) is 0 Å². The predicted octanol–water partition coefficient (Wildman–Crippen LogP) is 1.25. The lowest BCUT2D eigenvalue weighted by atomic mass is 10.3. The molecule has 62 valence electrons. The lowest BCUT2D eigenvalue weighted by Crippen LogP contribution is -2.10. The van der Waals surface area contributed by atoms with Crippen LogP contribution in [-0.2, 0) is 4.79 Å². The van der Waals surface area contributed by atoms with E-state index in [1.54, 1.807) is 6.08 Å². The van der Waals surface area contributed by atoms with E-state index < -0.39 is 0 Å². The second-order valence-corrected chi connectivity index (χ2v) is 2.48. The van der Waals surface area contributed by atoms with Crippen molar-refractivity contribution in [1.29, 1.82) is 0 Å². The molecule has 0 radical (unpaired) electrons. The summed E-state index contributed by atoms with van der Waals surface area (Å²) >= 11 is 0. The molecule has 0 aliphatic rings. The quantitative estimate of drug-likeness (QED) is 0.611. The van der Waals surface area contributed by atoms with Crippen molar-refractivity contribution in [2.24, 2.45) is 10.7 Å². The van der Waals surface area contributed by atoms with E-state index >= 15 is 0 Å². The van der Waals surface area contributed by atoms with Gasteiger partial charge in [-0.3, -0.25) is 9.79 Å². The Balaban J connectivity index is 4.22. The Morgan fingerprint density at radius 2 is 2.09 bits per heavy atom. The monoisotopic (exact) mass is 154 g/mol. The standard InChI is InChI=1S/C8H14N2O/c1-4-7(5-8(9)11)10-6(2)3/h4H,5H2,1-3H3,(H2,9,11)/b7-4-. The summed E-state index contributed by atoms with van der Waals surface area (Å²) < 4.78 is 0. The minimum absolute atomic E-state index is 0.224. The molecule has 2 N–H and O–H groups in total. The minimum Gasteiger partial charge on any atom is -0.369 e. The SMILES string of the molecule is C/C=C(/CC(N)=O)N=C(C)C. The highest BCUT2D eigenvalue weighted by Crippen LogP contribution is 2.02. The van der Waals surface area contributed by atoms with Crippen LogP contribution in [0.5, 0.6) is 0 Å². The molecule has 3 heteroatoms. The molecule has 0 aliphatic carbocycles. The summed E-state index contributed by atoms with van der Waals surface area (Å²) in [5.74, 6) is -0.344. The Bertz CT molecular complexity index is 200. The zero-order chi connectivity index (χ0) is 8.85. The molecule has 0 rings (SSSR count). The molecule has 0 bridgehead atoms. The van der Waals surface area contributed by atoms with Gasteiger partial charge in [-0.1, -0.05) is 6.08 Å². The van der Waals surface area contributed by atoms with Crippen molar-refractivity contribution in [3.63, 3.8) is 0 Å². The van der Waals surface area contributed by atoms with Crippen LogP contribution in [0.2, 0.25) is 0 Å². The highest BCUT2D eigenvalue weighted by Gasteiger charge is 1.97. The molecule has 0 saturated carbocycles. The molecule has 0 heterocycles. The fourth-order valence-electron chi connectivity index (χ4n) is 0.672. The smallest absolute Gasteiger partial charge is 0.223 e. The van der Waals surface area contributed by atoms with Crippen LogP contribution < -0.4 is 5.73 Å². The lowest BCUT2D eigenvalue weighted by molar-refractivity contribution is -0.117. The van der Waals surface area contributed by atoms with Gasteiger partial charge in [-0.15, -0.1) is 0 Å². The van der Waals surface area contributed by atoms with Gasteiger partial charge in [0.15, 0.2) is 0 Å². The summed E-state index contributed by atoms with van der Waals surface area (Å²) in [4.78, 5) is 14.6. The average Bonchev–Trinajstić information content (AvgIpc) is 1.84. The summed E-state index contributed by atoms with van der Waals surface area (Å²) in [7, 11) is 0. The van der Waals surface area contributed by atoms with E-state index in [2.05, 4.69) is 4.99 Å². The molecule has 0 atom stereocenters. The Morgan fingerprint density at radius 1 is 1.55 bits per heavy atom. The maximum absolute atomic E-state index is 10.5. The van der Waals surface area contributed by atoms with E-state index in [1.165, 1.54) is 0 Å². The first-order valence-electron chi connectivity index (χ1n) is 3.51. The highest BCUT2D eigenvalue weighted by atomic mass is 16.1. The van der Waals surface area contributed by atoms with Crippen LogP contribution in [-0.4, -0.2) is 11.6 Å². The van der Waals surface area contributed by atoms with Crippen molar-refractivity contribution in [1.82, 2.24) is 0 Å². The van der Waals surface area contributed by atoms with E-state index in [0.717, 1.165) is 11.4 Å². The van der Waals surface area contributed by atoms with Gasteiger partial charge in [0.05, 0.1) is 6.42 Å². The van der Waals surface area contributed by atoms with Crippen LogP contribution in [0.15, 0.2) is 16.8 Å². The number of aliphatic imine (C=N–C) groups is 1. The number of amides is 1. The number of allylic oxidation sites excluding steroid dienone is 1. The minimum atomic E-state index is -0.344. The van der Waals surface area contributed by atoms with Crippen LogP contribution in [0.1, 0.15) is 27.2 Å². The van der Waals surface area contributed by atoms with Crippen LogP contribution in [0.3, 0.4) is 0 Å². The Hall–Kier alpha value is -1.12. The van der Waals surface area contributed by atoms with Gasteiger partial charge < -0.3 is 5.73 Å². The largest absolute Gasteiger partial charge is 0.369 e. The van der Waals surface area contributed by atoms with E-state index in [4.69, 9.17) is 5.73 Å². The van der Waals surface area contributed by atoms with Gasteiger partial charge in [0, 0.05) is 11.4 Å². The first-order valence-corrected chi connectivity index (χ1v) is 3.51. The molecule has 0 fully saturated rings. The third-order valence-corrected chi connectivity index (χ3v) is 1.06. The number of primary amides is 1. The van der Waals surface area contributed by atoms with Gasteiger partial charge in [0.1, 0.15) is 0 Å². The average molecular weight is 154 g/mol. The molecule has 0 aromatic carbocycles. The fourth-order valence-corrected chi connectivity index (χ4v) is 0.672. The maximum Gasteiger partial charge on any atom is 0.223 e. The normalized spacial score (nSPS) is 11.0. The number of rotatable bonds is 3. The van der Waals surface area contributed by atoms with E-state index in [0.29, 0.717) is 0 Å². The number of nitrogens with two attached hydrogens (primary N) is 1. The maximum atomic E-state index is 10.5. The van der Waals surface area contributed by atoms with Crippen molar-refractivity contribution >= 4 is 11.6 Å². The summed E-state index contributed by atoms with van der Waals surface area (Å²) in [6.45, 7) is 5.60. The third-order valence-electron chi connectivity index (χ3n) is 1.06. The molecular formula is C8H14N2O. The van der Waals surface area contributed by atoms with Gasteiger partial charge >= 0.3 is 0 Å². The lowest BCUT2D eigenvalue weighted by Gasteiger charge is -1.97. The zero-order valence-corrected chi connectivity index (χ0v) is 7.22. The number of carbonyl (C=O) groups is 1. The Labute approximate surface area is 67.0 Å². The van der Waals surface area contributed by atoms with E-state index in [-0.39, 0.29) is 12.3 Å². The Kier molecular flexibility index (Phi) is 4.18. The Morgan fingerprint density at radius 3 is 2.36 bits per heavy atom. The van der Waals surface area contributed by atoms with Gasteiger partial charge in [-0.05, 0) is 20.8 Å². The number of carbonyl (C=O) groups excluding carboxylic acids is 1. The van der Waals surface area contributed by atoms with Gasteiger partial charge in [-0.25, -0.2) is 0 Å². The van der Waals surface area contributed by atoms with E-state index in [9.17, 15) is 4.79 Å². The molecule has 0 saturated heterocycles. The molecule has 0 spiro atoms. The molecule has 11 heavy (non-hydrogen) atoms. The van der Waals surface area contributed by atoms with Crippen molar-refractivity contribution in [3.8, 4) is 0 Å². The van der Waals surface area contributed by atoms with Crippen LogP contribution in [0.4, 0.5) is 0 Å². The summed E-state index contributed by atoms with van der Waals surface area (Å²) in [6.07, 6.45) is 2.01. The number of hydrogen-bond donors (Lipinski definition) is 1. The fraction of sp³-hybridized carbons (Fsp3) is 0.500. The van der Waals surface area contributed by atoms with E-state index in [1.807, 2.05) is 20.8 Å². The molecule has 0 aromatic rings. The molecule has 0 aliphatic heterocycles. The topological polar surface area (TPSA) is 55.5 Å². The van der Waals surface area contributed by atoms with Gasteiger partial charge in [-0.2, -0.15) is 0 Å². The summed E-state index contributed by atoms with van der Waals surface area (Å²) in [6, 6.07) is 0. The van der Waals surface area contributed by atoms with Gasteiger partial charge in [0.2, 0.25) is 5.91 Å². The van der Waals surface area contributed by atoms with Crippen LogP contribution >= 0.6 is 0 Å². The number of nitrogens with zero attached hydrogens (tertiary/aromatic N) is 1. The number of hydrogen-bond acceptors (Lipinski definition) is 2. The highest BCUT2D eigenvalue weighted by molar-refractivity contribution is 5.82. The van der Waals surface area contributed by atoms with Crippen molar-refractivity contribution in [2.75, 3.05) is 0 Å². The molecule has 0 unspecified atom stereocenters. The molecular weight excluding hydrogens is 140 g/mol. The van der Waals surface area contributed by atoms with Crippen molar-refractivity contribution < 1.29 is 4.79 Å². The third kappa shape index (κ3) is 5.33. The van der Waals surface area contributed by atoms with Crippen molar-refractivity contribution in [2.45, 2.75) is 27.2 Å². The molecule has 1 amide bonds. The second-order valence-electron chi connectivity index (χ2n) is 2.48. The summed E-state index contributed by atoms with van der Waals surface area (Å²) in [5.41, 5.74) is 6.66. The second kappa shape index (κ2) is 4.66. The first kappa shape index (κ1) is 9.88. The zero-order valence-electron chi connectivity index (χ0n) is 7.22. The first-order chi connectivity index (χ1) is 5.06. The molecule has 0 aromatic heterocycles.